The molecule has 1 fully saturated rings. The summed E-state index contributed by atoms with van der Waals surface area (Å²) in [4.78, 5) is 16.1. The fraction of sp³-hybridized carbons (Fsp3) is 0.538. The molecule has 1 aliphatic heterocycles. The van der Waals surface area contributed by atoms with E-state index in [0.717, 1.165) is 38.0 Å². The molecule has 1 unspecified atom stereocenters. The van der Waals surface area contributed by atoms with Crippen molar-refractivity contribution in [1.82, 2.24) is 10.3 Å². The van der Waals surface area contributed by atoms with Crippen LogP contribution in [0.3, 0.4) is 0 Å². The third kappa shape index (κ3) is 3.14. The number of hydrogen-bond donors (Lipinski definition) is 1. The number of piperidine rings is 1. The summed E-state index contributed by atoms with van der Waals surface area (Å²) < 4.78 is 0. The van der Waals surface area contributed by atoms with Gasteiger partial charge in [-0.1, -0.05) is 6.07 Å². The van der Waals surface area contributed by atoms with Crippen LogP contribution < -0.4 is 5.32 Å². The summed E-state index contributed by atoms with van der Waals surface area (Å²) in [6.07, 6.45) is 5.36. The van der Waals surface area contributed by atoms with E-state index in [1.165, 1.54) is 0 Å². The van der Waals surface area contributed by atoms with E-state index in [0.29, 0.717) is 12.2 Å². The number of rotatable bonds is 4. The molecule has 0 bridgehead atoms. The molecule has 86 valence electrons. The first-order valence-electron chi connectivity index (χ1n) is 5.99. The monoisotopic (exact) mass is 218 g/mol. The van der Waals surface area contributed by atoms with Crippen LogP contribution in [0.5, 0.6) is 0 Å². The Morgan fingerprint density at radius 1 is 1.50 bits per heavy atom. The maximum absolute atomic E-state index is 11.9. The lowest BCUT2D eigenvalue weighted by Gasteiger charge is -2.21. The van der Waals surface area contributed by atoms with Gasteiger partial charge in [0.05, 0.1) is 0 Å². The van der Waals surface area contributed by atoms with E-state index in [4.69, 9.17) is 0 Å². The van der Waals surface area contributed by atoms with Gasteiger partial charge in [0.1, 0.15) is 5.78 Å². The lowest BCUT2D eigenvalue weighted by Crippen LogP contribution is -2.34. The first kappa shape index (κ1) is 11.3. The number of aromatic nitrogens is 1. The zero-order valence-corrected chi connectivity index (χ0v) is 9.48. The van der Waals surface area contributed by atoms with E-state index >= 15 is 0 Å². The Labute approximate surface area is 96.3 Å². The van der Waals surface area contributed by atoms with Gasteiger partial charge in [-0.3, -0.25) is 9.78 Å². The van der Waals surface area contributed by atoms with Gasteiger partial charge < -0.3 is 5.32 Å². The summed E-state index contributed by atoms with van der Waals surface area (Å²) in [7, 11) is 0. The topological polar surface area (TPSA) is 42.0 Å². The minimum Gasteiger partial charge on any atom is -0.316 e. The van der Waals surface area contributed by atoms with Gasteiger partial charge in [0.15, 0.2) is 0 Å². The lowest BCUT2D eigenvalue weighted by atomic mass is 9.92. The number of ketones is 1. The van der Waals surface area contributed by atoms with Crippen molar-refractivity contribution < 1.29 is 4.79 Å². The molecule has 1 aromatic heterocycles. The normalized spacial score (nSPS) is 20.6. The summed E-state index contributed by atoms with van der Waals surface area (Å²) in [6.45, 7) is 1.92. The van der Waals surface area contributed by atoms with Crippen LogP contribution in [-0.4, -0.2) is 23.9 Å². The van der Waals surface area contributed by atoms with E-state index in [1.54, 1.807) is 6.20 Å². The number of carbonyl (C=O) groups excluding carboxylic acids is 1. The Morgan fingerprint density at radius 2 is 2.44 bits per heavy atom. The molecule has 0 spiro atoms. The molecule has 1 N–H and O–H groups in total. The zero-order chi connectivity index (χ0) is 11.2. The molecule has 16 heavy (non-hydrogen) atoms. The lowest BCUT2D eigenvalue weighted by molar-refractivity contribution is -0.123. The highest BCUT2D eigenvalue weighted by molar-refractivity contribution is 5.81. The highest BCUT2D eigenvalue weighted by Crippen LogP contribution is 2.14. The predicted octanol–water partition coefficient (Wildman–Crippen LogP) is 1.58. The van der Waals surface area contributed by atoms with Gasteiger partial charge >= 0.3 is 0 Å². The average molecular weight is 218 g/mol. The molecule has 0 aliphatic carbocycles. The number of nitrogens with zero attached hydrogens (tertiary/aromatic N) is 1. The summed E-state index contributed by atoms with van der Waals surface area (Å²) in [6, 6.07) is 5.84. The Kier molecular flexibility index (Phi) is 4.05. The first-order valence-corrected chi connectivity index (χ1v) is 5.99. The van der Waals surface area contributed by atoms with Crippen LogP contribution in [0, 0.1) is 5.92 Å². The molecule has 1 aromatic rings. The fourth-order valence-corrected chi connectivity index (χ4v) is 2.13. The van der Waals surface area contributed by atoms with Crippen molar-refractivity contribution in [3.8, 4) is 0 Å². The highest BCUT2D eigenvalue weighted by atomic mass is 16.1. The van der Waals surface area contributed by atoms with Gasteiger partial charge in [-0.2, -0.15) is 0 Å². The molecule has 3 nitrogen and oxygen atoms in total. The summed E-state index contributed by atoms with van der Waals surface area (Å²) in [5.74, 6) is 0.621. The molecule has 0 saturated carbocycles. The SMILES string of the molecule is O=C(CCc1ccccn1)C1CCCNC1. The number of pyridine rings is 1. The van der Waals surface area contributed by atoms with Crippen LogP contribution >= 0.6 is 0 Å². The number of hydrogen-bond acceptors (Lipinski definition) is 3. The van der Waals surface area contributed by atoms with Gasteiger partial charge in [-0.15, -0.1) is 0 Å². The number of carbonyl (C=O) groups is 1. The standard InChI is InChI=1S/C13H18N2O/c16-13(11-4-3-8-14-10-11)7-6-12-5-1-2-9-15-12/h1-2,5,9,11,14H,3-4,6-8,10H2. The van der Waals surface area contributed by atoms with Crippen LogP contribution in [0.25, 0.3) is 0 Å². The molecular weight excluding hydrogens is 200 g/mol. The molecule has 1 aliphatic rings. The van der Waals surface area contributed by atoms with Crippen LogP contribution in [0.4, 0.5) is 0 Å². The Hall–Kier alpha value is -1.22. The molecule has 2 rings (SSSR count). The molecule has 1 atom stereocenters. The Bertz CT molecular complexity index is 331. The largest absolute Gasteiger partial charge is 0.316 e. The third-order valence-corrected chi connectivity index (χ3v) is 3.11. The predicted molar refractivity (Wildman–Crippen MR) is 63.2 cm³/mol. The highest BCUT2D eigenvalue weighted by Gasteiger charge is 2.20. The van der Waals surface area contributed by atoms with E-state index in [-0.39, 0.29) is 5.92 Å². The maximum Gasteiger partial charge on any atom is 0.137 e. The van der Waals surface area contributed by atoms with Crippen LogP contribution in [0.15, 0.2) is 24.4 Å². The van der Waals surface area contributed by atoms with Gasteiger partial charge in [0.25, 0.3) is 0 Å². The fourth-order valence-electron chi connectivity index (χ4n) is 2.13. The maximum atomic E-state index is 11.9. The molecule has 2 heterocycles. The molecule has 3 heteroatoms. The first-order chi connectivity index (χ1) is 7.86. The molecular formula is C13H18N2O. The summed E-state index contributed by atoms with van der Waals surface area (Å²) in [5, 5.41) is 3.28. The van der Waals surface area contributed by atoms with Crippen molar-refractivity contribution in [3.63, 3.8) is 0 Å². The molecule has 0 aromatic carbocycles. The number of Topliss-reactive ketones (excluding diaryl/α,β-unsaturated/α-hetero) is 1. The second-order valence-electron chi connectivity index (χ2n) is 4.33. The van der Waals surface area contributed by atoms with Crippen molar-refractivity contribution in [2.75, 3.05) is 13.1 Å². The third-order valence-electron chi connectivity index (χ3n) is 3.11. The minimum atomic E-state index is 0.234. The zero-order valence-electron chi connectivity index (χ0n) is 9.48. The van der Waals surface area contributed by atoms with Crippen LogP contribution in [0.2, 0.25) is 0 Å². The minimum absolute atomic E-state index is 0.234. The van der Waals surface area contributed by atoms with E-state index < -0.39 is 0 Å². The van der Waals surface area contributed by atoms with Gasteiger partial charge in [0, 0.05) is 30.8 Å². The van der Waals surface area contributed by atoms with Crippen LogP contribution in [0.1, 0.15) is 25.0 Å². The average Bonchev–Trinajstić information content (AvgIpc) is 2.38. The number of aryl methyl sites for hydroxylation is 1. The summed E-state index contributed by atoms with van der Waals surface area (Å²) >= 11 is 0. The van der Waals surface area contributed by atoms with Crippen LogP contribution in [-0.2, 0) is 11.2 Å². The van der Waals surface area contributed by atoms with Crippen molar-refractivity contribution in [3.05, 3.63) is 30.1 Å². The Balaban J connectivity index is 1.79. The molecule has 1 saturated heterocycles. The quantitative estimate of drug-likeness (QED) is 0.834. The van der Waals surface area contributed by atoms with Crippen molar-refractivity contribution >= 4 is 5.78 Å². The van der Waals surface area contributed by atoms with E-state index in [2.05, 4.69) is 10.3 Å². The van der Waals surface area contributed by atoms with E-state index in [1.807, 2.05) is 18.2 Å². The van der Waals surface area contributed by atoms with Gasteiger partial charge in [-0.05, 0) is 37.9 Å². The smallest absolute Gasteiger partial charge is 0.137 e. The second-order valence-corrected chi connectivity index (χ2v) is 4.33. The van der Waals surface area contributed by atoms with E-state index in [9.17, 15) is 4.79 Å². The van der Waals surface area contributed by atoms with Crippen molar-refractivity contribution in [1.29, 1.82) is 0 Å². The van der Waals surface area contributed by atoms with Crippen molar-refractivity contribution in [2.24, 2.45) is 5.92 Å². The molecule has 0 amide bonds. The van der Waals surface area contributed by atoms with Gasteiger partial charge in [0.2, 0.25) is 0 Å². The van der Waals surface area contributed by atoms with Gasteiger partial charge in [-0.25, -0.2) is 0 Å². The molecule has 0 radical (unpaired) electrons. The Morgan fingerprint density at radius 3 is 3.12 bits per heavy atom. The summed E-state index contributed by atoms with van der Waals surface area (Å²) in [5.41, 5.74) is 1.01. The number of nitrogens with one attached hydrogen (secondary N) is 1. The second kappa shape index (κ2) is 5.75. The van der Waals surface area contributed by atoms with Crippen molar-refractivity contribution in [2.45, 2.75) is 25.7 Å².